The molecule has 156 valence electrons. The lowest BCUT2D eigenvalue weighted by Crippen LogP contribution is -2.20. The number of halogens is 1. The molecule has 0 unspecified atom stereocenters. The van der Waals surface area contributed by atoms with Crippen molar-refractivity contribution in [2.75, 3.05) is 18.5 Å². The van der Waals surface area contributed by atoms with Crippen molar-refractivity contribution in [3.05, 3.63) is 88.4 Å². The van der Waals surface area contributed by atoms with Crippen LogP contribution in [0.1, 0.15) is 30.9 Å². The van der Waals surface area contributed by atoms with Gasteiger partial charge in [-0.15, -0.1) is 0 Å². The Morgan fingerprint density at radius 3 is 2.40 bits per heavy atom. The lowest BCUT2D eigenvalue weighted by molar-refractivity contribution is -0.118. The summed E-state index contributed by atoms with van der Waals surface area (Å²) in [6, 6.07) is 23.4. The van der Waals surface area contributed by atoms with Crippen molar-refractivity contribution >= 4 is 27.5 Å². The highest BCUT2D eigenvalue weighted by Gasteiger charge is 2.11. The number of carbonyl (C=O) groups is 1. The highest BCUT2D eigenvalue weighted by molar-refractivity contribution is 9.10. The van der Waals surface area contributed by atoms with Crippen LogP contribution in [-0.2, 0) is 11.2 Å². The van der Waals surface area contributed by atoms with E-state index in [0.29, 0.717) is 18.2 Å². The summed E-state index contributed by atoms with van der Waals surface area (Å²) in [6.07, 6.45) is 0.852. The number of anilines is 1. The highest BCUT2D eigenvalue weighted by atomic mass is 79.9. The summed E-state index contributed by atoms with van der Waals surface area (Å²) >= 11 is 3.48. The van der Waals surface area contributed by atoms with Crippen molar-refractivity contribution in [2.24, 2.45) is 0 Å². The summed E-state index contributed by atoms with van der Waals surface area (Å²) in [5, 5.41) is 2.85. The Morgan fingerprint density at radius 1 is 0.967 bits per heavy atom. The number of nitrogens with one attached hydrogen (secondary N) is 1. The van der Waals surface area contributed by atoms with Crippen LogP contribution in [0.4, 0.5) is 5.69 Å². The Bertz CT molecular complexity index is 956. The zero-order chi connectivity index (χ0) is 21.3. The summed E-state index contributed by atoms with van der Waals surface area (Å²) in [7, 11) is 0. The zero-order valence-corrected chi connectivity index (χ0v) is 18.8. The van der Waals surface area contributed by atoms with E-state index in [1.165, 1.54) is 5.56 Å². The standard InChI is InChI=1S/C25H26BrNO3/c1-18(2)23-16-20(26)8-13-24(23)30-17-25(28)27-21-9-11-22(12-10-21)29-15-14-19-6-4-3-5-7-19/h3-13,16,18H,14-15,17H2,1-2H3,(H,27,28). The van der Waals surface area contributed by atoms with Gasteiger partial charge in [0.15, 0.2) is 6.61 Å². The molecule has 0 aromatic heterocycles. The van der Waals surface area contributed by atoms with Crippen molar-refractivity contribution in [1.82, 2.24) is 0 Å². The number of hydrogen-bond acceptors (Lipinski definition) is 3. The number of rotatable bonds is 9. The van der Waals surface area contributed by atoms with E-state index in [-0.39, 0.29) is 12.5 Å². The highest BCUT2D eigenvalue weighted by Crippen LogP contribution is 2.29. The molecule has 5 heteroatoms. The Hall–Kier alpha value is -2.79. The first-order valence-corrected chi connectivity index (χ1v) is 10.8. The third-order valence-corrected chi connectivity index (χ3v) is 5.09. The predicted octanol–water partition coefficient (Wildman–Crippen LogP) is 6.21. The second-order valence-electron chi connectivity index (χ2n) is 7.28. The quantitative estimate of drug-likeness (QED) is 0.406. The summed E-state index contributed by atoms with van der Waals surface area (Å²) in [4.78, 5) is 12.3. The SMILES string of the molecule is CC(C)c1cc(Br)ccc1OCC(=O)Nc1ccc(OCCc2ccccc2)cc1. The van der Waals surface area contributed by atoms with Gasteiger partial charge in [-0.05, 0) is 59.5 Å². The van der Waals surface area contributed by atoms with E-state index in [1.54, 1.807) is 0 Å². The van der Waals surface area contributed by atoms with Crippen LogP contribution in [0.25, 0.3) is 0 Å². The van der Waals surface area contributed by atoms with Crippen LogP contribution in [0.5, 0.6) is 11.5 Å². The Labute approximate surface area is 186 Å². The molecule has 0 aliphatic heterocycles. The summed E-state index contributed by atoms with van der Waals surface area (Å²) in [5.41, 5.74) is 3.01. The van der Waals surface area contributed by atoms with Gasteiger partial charge in [0.1, 0.15) is 11.5 Å². The second-order valence-corrected chi connectivity index (χ2v) is 8.20. The van der Waals surface area contributed by atoms with Crippen molar-refractivity contribution in [3.8, 4) is 11.5 Å². The number of amides is 1. The molecule has 1 amide bonds. The van der Waals surface area contributed by atoms with E-state index in [4.69, 9.17) is 9.47 Å². The summed E-state index contributed by atoms with van der Waals surface area (Å²) in [6.45, 7) is 4.75. The maximum Gasteiger partial charge on any atom is 0.262 e. The topological polar surface area (TPSA) is 47.6 Å². The average molecular weight is 468 g/mol. The van der Waals surface area contributed by atoms with Crippen molar-refractivity contribution in [1.29, 1.82) is 0 Å². The molecule has 0 fully saturated rings. The van der Waals surface area contributed by atoms with Gasteiger partial charge in [-0.2, -0.15) is 0 Å². The van der Waals surface area contributed by atoms with Gasteiger partial charge < -0.3 is 14.8 Å². The molecule has 0 spiro atoms. The Balaban J connectivity index is 1.46. The molecule has 30 heavy (non-hydrogen) atoms. The van der Waals surface area contributed by atoms with Gasteiger partial charge in [0, 0.05) is 16.6 Å². The third-order valence-electron chi connectivity index (χ3n) is 4.59. The molecule has 0 radical (unpaired) electrons. The predicted molar refractivity (Wildman–Crippen MR) is 124 cm³/mol. The van der Waals surface area contributed by atoms with Crippen molar-refractivity contribution in [2.45, 2.75) is 26.2 Å². The van der Waals surface area contributed by atoms with Gasteiger partial charge >= 0.3 is 0 Å². The first kappa shape index (κ1) is 21.9. The minimum absolute atomic E-state index is 0.0450. The van der Waals surface area contributed by atoms with Crippen LogP contribution >= 0.6 is 15.9 Å². The Morgan fingerprint density at radius 2 is 1.70 bits per heavy atom. The maximum absolute atomic E-state index is 12.3. The first-order valence-electron chi connectivity index (χ1n) is 10.00. The van der Waals surface area contributed by atoms with Gasteiger partial charge in [0.2, 0.25) is 0 Å². The molecule has 0 saturated carbocycles. The normalized spacial score (nSPS) is 10.7. The smallest absolute Gasteiger partial charge is 0.262 e. The minimum atomic E-state index is -0.203. The largest absolute Gasteiger partial charge is 0.493 e. The number of ether oxygens (including phenoxy) is 2. The Kier molecular flexibility index (Phi) is 7.91. The molecule has 0 saturated heterocycles. The molecule has 0 heterocycles. The second kappa shape index (κ2) is 10.8. The van der Waals surface area contributed by atoms with Gasteiger partial charge in [0.25, 0.3) is 5.91 Å². The average Bonchev–Trinajstić information content (AvgIpc) is 2.75. The lowest BCUT2D eigenvalue weighted by Gasteiger charge is -2.14. The van der Waals surface area contributed by atoms with E-state index in [1.807, 2.05) is 60.7 Å². The van der Waals surface area contributed by atoms with E-state index in [0.717, 1.165) is 28.0 Å². The van der Waals surface area contributed by atoms with Crippen LogP contribution in [0.15, 0.2) is 77.3 Å². The molecule has 1 N–H and O–H groups in total. The fraction of sp³-hybridized carbons (Fsp3) is 0.240. The first-order chi connectivity index (χ1) is 14.5. The van der Waals surface area contributed by atoms with Crippen molar-refractivity contribution in [3.63, 3.8) is 0 Å². The van der Waals surface area contributed by atoms with E-state index < -0.39 is 0 Å². The lowest BCUT2D eigenvalue weighted by atomic mass is 10.0. The molecule has 0 aliphatic rings. The summed E-state index contributed by atoms with van der Waals surface area (Å²) in [5.74, 6) is 1.60. The van der Waals surface area contributed by atoms with Crippen LogP contribution < -0.4 is 14.8 Å². The van der Waals surface area contributed by atoms with Gasteiger partial charge in [-0.1, -0.05) is 60.1 Å². The number of hydrogen-bond donors (Lipinski definition) is 1. The molecule has 3 aromatic carbocycles. The monoisotopic (exact) mass is 467 g/mol. The molecule has 0 bridgehead atoms. The molecule has 0 aliphatic carbocycles. The minimum Gasteiger partial charge on any atom is -0.493 e. The fourth-order valence-electron chi connectivity index (χ4n) is 3.01. The van der Waals surface area contributed by atoms with Crippen molar-refractivity contribution < 1.29 is 14.3 Å². The molecule has 4 nitrogen and oxygen atoms in total. The van der Waals surface area contributed by atoms with Crippen LogP contribution in [0.3, 0.4) is 0 Å². The van der Waals surface area contributed by atoms with Gasteiger partial charge in [-0.3, -0.25) is 4.79 Å². The molecule has 3 rings (SSSR count). The third kappa shape index (κ3) is 6.63. The molecule has 0 atom stereocenters. The van der Waals surface area contributed by atoms with Crippen LogP contribution in [0, 0.1) is 0 Å². The maximum atomic E-state index is 12.3. The van der Waals surface area contributed by atoms with E-state index in [2.05, 4.69) is 47.2 Å². The van der Waals surface area contributed by atoms with Crippen LogP contribution in [0.2, 0.25) is 0 Å². The van der Waals surface area contributed by atoms with Gasteiger partial charge in [-0.25, -0.2) is 0 Å². The van der Waals surface area contributed by atoms with Crippen LogP contribution in [-0.4, -0.2) is 19.1 Å². The fourth-order valence-corrected chi connectivity index (χ4v) is 3.39. The van der Waals surface area contributed by atoms with E-state index in [9.17, 15) is 4.79 Å². The van der Waals surface area contributed by atoms with E-state index >= 15 is 0 Å². The zero-order valence-electron chi connectivity index (χ0n) is 17.2. The molecule has 3 aromatic rings. The number of carbonyl (C=O) groups excluding carboxylic acids is 1. The summed E-state index contributed by atoms with van der Waals surface area (Å²) < 4.78 is 12.5. The number of benzene rings is 3. The van der Waals surface area contributed by atoms with Gasteiger partial charge in [0.05, 0.1) is 6.61 Å². The molecular formula is C25H26BrNO3. The molecular weight excluding hydrogens is 442 g/mol.